The number of thiophene rings is 1. The fourth-order valence-electron chi connectivity index (χ4n) is 3.54. The maximum atomic E-state index is 13.5. The van der Waals surface area contributed by atoms with Gasteiger partial charge in [-0.2, -0.15) is 9.78 Å². The fraction of sp³-hybridized carbons (Fsp3) is 0.167. The molecule has 1 N–H and O–H groups in total. The first-order valence-corrected chi connectivity index (χ1v) is 12.2. The number of benzene rings is 2. The molecule has 0 aliphatic rings. The second-order valence-electron chi connectivity index (χ2n) is 7.44. The Morgan fingerprint density at radius 2 is 1.89 bits per heavy atom. The fourth-order valence-corrected chi connectivity index (χ4v) is 4.64. The molecule has 190 valence electrons. The summed E-state index contributed by atoms with van der Waals surface area (Å²) < 4.78 is 11.6. The number of carbonyl (C=O) groups excluding carboxylic acids is 2. The molecule has 0 spiro atoms. The highest BCUT2D eigenvalue weighted by molar-refractivity contribution is 7.16. The third-order valence-electron chi connectivity index (χ3n) is 5.14. The van der Waals surface area contributed by atoms with Crippen molar-refractivity contribution in [3.8, 4) is 11.4 Å². The predicted molar refractivity (Wildman–Crippen MR) is 138 cm³/mol. The zero-order valence-corrected chi connectivity index (χ0v) is 21.1. The van der Waals surface area contributed by atoms with Crippen molar-refractivity contribution in [2.45, 2.75) is 13.8 Å². The van der Waals surface area contributed by atoms with Crippen LogP contribution in [0.4, 0.5) is 10.7 Å². The van der Waals surface area contributed by atoms with Gasteiger partial charge in [-0.3, -0.25) is 19.7 Å². The Balaban J connectivity index is 1.86. The number of nitro benzene ring substituents is 1. The lowest BCUT2D eigenvalue weighted by molar-refractivity contribution is -0.385. The van der Waals surface area contributed by atoms with E-state index in [1.54, 1.807) is 31.2 Å². The lowest BCUT2D eigenvalue weighted by atomic mass is 10.1. The van der Waals surface area contributed by atoms with Crippen molar-refractivity contribution in [1.29, 1.82) is 0 Å². The maximum absolute atomic E-state index is 13.5. The molecule has 4 aromatic rings. The molecule has 13 heteroatoms. The first-order valence-electron chi connectivity index (χ1n) is 10.9. The summed E-state index contributed by atoms with van der Waals surface area (Å²) in [5, 5.41) is 20.1. The number of hydrogen-bond acceptors (Lipinski definition) is 9. The van der Waals surface area contributed by atoms with Gasteiger partial charge in [0.05, 0.1) is 29.2 Å². The largest absolute Gasteiger partial charge is 0.494 e. The molecule has 1 amide bonds. The van der Waals surface area contributed by atoms with Gasteiger partial charge in [0.2, 0.25) is 0 Å². The van der Waals surface area contributed by atoms with Crippen molar-refractivity contribution < 1.29 is 24.0 Å². The SMILES string of the molecule is CCOC(=O)c1nn(-c2ccc(OCC)cc2)c(=O)c2c(NC(=O)c3cc(Cl)ccc3[N+](=O)[O-])scc12. The Morgan fingerprint density at radius 3 is 2.54 bits per heavy atom. The molecule has 2 heterocycles. The van der Waals surface area contributed by atoms with Gasteiger partial charge in [0.1, 0.15) is 16.3 Å². The molecular formula is C24H19ClN4O7S. The maximum Gasteiger partial charge on any atom is 0.359 e. The van der Waals surface area contributed by atoms with E-state index in [4.69, 9.17) is 21.1 Å². The summed E-state index contributed by atoms with van der Waals surface area (Å²) in [5.41, 5.74) is -1.15. The number of fused-ring (bicyclic) bond motifs is 1. The normalized spacial score (nSPS) is 10.8. The van der Waals surface area contributed by atoms with E-state index in [-0.39, 0.29) is 38.7 Å². The highest BCUT2D eigenvalue weighted by Crippen LogP contribution is 2.32. The quantitative estimate of drug-likeness (QED) is 0.189. The molecule has 0 saturated heterocycles. The number of ether oxygens (including phenoxy) is 2. The van der Waals surface area contributed by atoms with Crippen molar-refractivity contribution in [3.05, 3.63) is 84.6 Å². The zero-order chi connectivity index (χ0) is 26.7. The van der Waals surface area contributed by atoms with Gasteiger partial charge in [-0.1, -0.05) is 11.6 Å². The average molecular weight is 543 g/mol. The van der Waals surface area contributed by atoms with Crippen LogP contribution in [0.3, 0.4) is 0 Å². The van der Waals surface area contributed by atoms with Crippen LogP contribution in [0.1, 0.15) is 34.7 Å². The van der Waals surface area contributed by atoms with Crippen LogP contribution in [0.25, 0.3) is 16.5 Å². The number of rotatable bonds is 8. The van der Waals surface area contributed by atoms with E-state index >= 15 is 0 Å². The predicted octanol–water partition coefficient (Wildman–Crippen LogP) is 4.84. The second kappa shape index (κ2) is 10.8. The summed E-state index contributed by atoms with van der Waals surface area (Å²) in [7, 11) is 0. The van der Waals surface area contributed by atoms with Crippen molar-refractivity contribution in [2.75, 3.05) is 18.5 Å². The zero-order valence-electron chi connectivity index (χ0n) is 19.5. The third-order valence-corrected chi connectivity index (χ3v) is 6.27. The average Bonchev–Trinajstić information content (AvgIpc) is 3.29. The van der Waals surface area contributed by atoms with Crippen molar-refractivity contribution >= 4 is 56.3 Å². The van der Waals surface area contributed by atoms with Crippen molar-refractivity contribution in [1.82, 2.24) is 9.78 Å². The van der Waals surface area contributed by atoms with Gasteiger partial charge in [-0.05, 0) is 50.2 Å². The monoisotopic (exact) mass is 542 g/mol. The molecule has 0 bridgehead atoms. The Labute approximate surface area is 218 Å². The van der Waals surface area contributed by atoms with Crippen molar-refractivity contribution in [3.63, 3.8) is 0 Å². The minimum Gasteiger partial charge on any atom is -0.494 e. The number of nitrogens with zero attached hydrogens (tertiary/aromatic N) is 3. The number of anilines is 1. The first kappa shape index (κ1) is 25.8. The van der Waals surface area contributed by atoms with Crippen LogP contribution in [0.2, 0.25) is 5.02 Å². The molecule has 4 rings (SSSR count). The van der Waals surface area contributed by atoms with E-state index in [9.17, 15) is 24.5 Å². The number of nitrogens with one attached hydrogen (secondary N) is 1. The van der Waals surface area contributed by atoms with Gasteiger partial charge >= 0.3 is 5.97 Å². The number of nitro groups is 1. The summed E-state index contributed by atoms with van der Waals surface area (Å²) in [5.74, 6) is -1.02. The molecule has 2 aromatic heterocycles. The lowest BCUT2D eigenvalue weighted by Crippen LogP contribution is -2.25. The van der Waals surface area contributed by atoms with Gasteiger partial charge in [0, 0.05) is 21.9 Å². The number of esters is 1. The lowest BCUT2D eigenvalue weighted by Gasteiger charge is -2.11. The third kappa shape index (κ3) is 5.15. The molecule has 0 atom stereocenters. The van der Waals surface area contributed by atoms with Gasteiger partial charge in [0.25, 0.3) is 17.2 Å². The number of amides is 1. The molecule has 37 heavy (non-hydrogen) atoms. The minimum atomic E-state index is -0.848. The van der Waals surface area contributed by atoms with E-state index < -0.39 is 28.0 Å². The molecule has 11 nitrogen and oxygen atoms in total. The Morgan fingerprint density at radius 1 is 1.16 bits per heavy atom. The molecule has 2 aromatic carbocycles. The molecule has 0 aliphatic heterocycles. The van der Waals surface area contributed by atoms with E-state index in [0.717, 1.165) is 28.2 Å². The summed E-state index contributed by atoms with van der Waals surface area (Å²) >= 11 is 6.92. The van der Waals surface area contributed by atoms with Crippen LogP contribution in [-0.2, 0) is 4.74 Å². The number of carbonyl (C=O) groups is 2. The minimum absolute atomic E-state index is 0.00466. The van der Waals surface area contributed by atoms with Gasteiger partial charge in [-0.25, -0.2) is 4.79 Å². The number of halogens is 1. The summed E-state index contributed by atoms with van der Waals surface area (Å²) in [4.78, 5) is 50.0. The molecule has 0 saturated carbocycles. The molecular weight excluding hydrogens is 524 g/mol. The van der Waals surface area contributed by atoms with Crippen LogP contribution < -0.4 is 15.6 Å². The standard InChI is InChI=1S/C24H19ClN4O7S/c1-3-35-15-8-6-14(7-9-15)28-23(31)19-17(20(27-28)24(32)36-4-2)12-37-22(19)26-21(30)16-11-13(25)5-10-18(16)29(33)34/h5-12H,3-4H2,1-2H3,(H,26,30). The van der Waals surface area contributed by atoms with Crippen LogP contribution in [0.15, 0.2) is 52.6 Å². The Hall–Kier alpha value is -4.29. The second-order valence-corrected chi connectivity index (χ2v) is 8.76. The van der Waals surface area contributed by atoms with Crippen LogP contribution in [0, 0.1) is 10.1 Å². The summed E-state index contributed by atoms with van der Waals surface area (Å²) in [6.45, 7) is 4.01. The van der Waals surface area contributed by atoms with E-state index in [1.165, 1.54) is 11.4 Å². The first-order chi connectivity index (χ1) is 17.7. The highest BCUT2D eigenvalue weighted by atomic mass is 35.5. The highest BCUT2D eigenvalue weighted by Gasteiger charge is 2.26. The summed E-state index contributed by atoms with van der Waals surface area (Å²) in [6, 6.07) is 10.1. The topological polar surface area (TPSA) is 143 Å². The summed E-state index contributed by atoms with van der Waals surface area (Å²) in [6.07, 6.45) is 0. The van der Waals surface area contributed by atoms with Gasteiger partial charge < -0.3 is 14.8 Å². The molecule has 0 radical (unpaired) electrons. The number of hydrogen-bond donors (Lipinski definition) is 1. The van der Waals surface area contributed by atoms with Crippen LogP contribution in [0.5, 0.6) is 5.75 Å². The van der Waals surface area contributed by atoms with Gasteiger partial charge in [0.15, 0.2) is 5.69 Å². The van der Waals surface area contributed by atoms with E-state index in [0.29, 0.717) is 18.0 Å². The Bertz CT molecular complexity index is 1580. The van der Waals surface area contributed by atoms with Crippen LogP contribution in [-0.4, -0.2) is 39.8 Å². The van der Waals surface area contributed by atoms with Gasteiger partial charge in [-0.15, -0.1) is 11.3 Å². The van der Waals surface area contributed by atoms with E-state index in [2.05, 4.69) is 10.4 Å². The molecule has 0 unspecified atom stereocenters. The van der Waals surface area contributed by atoms with Crippen molar-refractivity contribution in [2.24, 2.45) is 0 Å². The molecule has 0 fully saturated rings. The van der Waals surface area contributed by atoms with Crippen LogP contribution >= 0.6 is 22.9 Å². The smallest absolute Gasteiger partial charge is 0.359 e. The number of aromatic nitrogens is 2. The molecule has 0 aliphatic carbocycles. The van der Waals surface area contributed by atoms with E-state index in [1.807, 2.05) is 6.92 Å². The Kier molecular flexibility index (Phi) is 7.50.